The Labute approximate surface area is 140 Å². The maximum absolute atomic E-state index is 13.1. The quantitative estimate of drug-likeness (QED) is 0.895. The van der Waals surface area contributed by atoms with E-state index in [-0.39, 0.29) is 12.4 Å². The third kappa shape index (κ3) is 3.32. The molecule has 6 heteroatoms. The molecule has 126 valence electrons. The molecule has 2 rings (SSSR count). The van der Waals surface area contributed by atoms with Crippen molar-refractivity contribution in [2.45, 2.75) is 45.9 Å². The summed E-state index contributed by atoms with van der Waals surface area (Å²) in [7, 11) is -3.42. The number of hydrogen-bond acceptors (Lipinski definition) is 3. The van der Waals surface area contributed by atoms with Crippen molar-refractivity contribution in [3.63, 3.8) is 0 Å². The SMILES string of the molecule is Cc1c(C)c(C)c(S(=O)(=O)N2CCCNCC2)c(C)c1C.Cl. The zero-order chi connectivity index (χ0) is 15.8. The zero-order valence-electron chi connectivity index (χ0n) is 14.1. The number of nitrogens with one attached hydrogen (secondary N) is 1. The lowest BCUT2D eigenvalue weighted by Gasteiger charge is -2.25. The molecule has 1 aliphatic heterocycles. The number of hydrogen-bond donors (Lipinski definition) is 1. The van der Waals surface area contributed by atoms with Gasteiger partial charge in [0.05, 0.1) is 4.90 Å². The first-order valence-electron chi connectivity index (χ1n) is 7.56. The summed E-state index contributed by atoms with van der Waals surface area (Å²) >= 11 is 0. The first kappa shape index (κ1) is 19.4. The fourth-order valence-electron chi connectivity index (χ4n) is 3.04. The van der Waals surface area contributed by atoms with E-state index < -0.39 is 10.0 Å². The van der Waals surface area contributed by atoms with Crippen LogP contribution in [0, 0.1) is 34.6 Å². The second kappa shape index (κ2) is 7.30. The second-order valence-corrected chi connectivity index (χ2v) is 7.84. The van der Waals surface area contributed by atoms with Crippen LogP contribution in [0.2, 0.25) is 0 Å². The van der Waals surface area contributed by atoms with E-state index in [1.165, 1.54) is 5.56 Å². The number of sulfonamides is 1. The summed E-state index contributed by atoms with van der Waals surface area (Å²) in [5.74, 6) is 0. The smallest absolute Gasteiger partial charge is 0.243 e. The van der Waals surface area contributed by atoms with Crippen LogP contribution in [0.25, 0.3) is 0 Å². The molecule has 0 spiro atoms. The van der Waals surface area contributed by atoms with Crippen molar-refractivity contribution >= 4 is 22.4 Å². The largest absolute Gasteiger partial charge is 0.315 e. The Morgan fingerprint density at radius 3 is 1.86 bits per heavy atom. The standard InChI is InChI=1S/C16H26N2O2S.ClH/c1-11-12(2)14(4)16(15(5)13(11)3)21(19,20)18-9-6-7-17-8-10-18;/h17H,6-10H2,1-5H3;1H. The van der Waals surface area contributed by atoms with Crippen LogP contribution in [0.4, 0.5) is 0 Å². The van der Waals surface area contributed by atoms with Gasteiger partial charge in [-0.05, 0) is 75.4 Å². The highest BCUT2D eigenvalue weighted by Gasteiger charge is 2.30. The molecule has 0 saturated carbocycles. The Kier molecular flexibility index (Phi) is 6.45. The summed E-state index contributed by atoms with van der Waals surface area (Å²) in [6.07, 6.45) is 0.862. The van der Waals surface area contributed by atoms with Gasteiger partial charge in [0, 0.05) is 19.6 Å². The molecule has 0 amide bonds. The molecule has 1 aromatic carbocycles. The average molecular weight is 347 g/mol. The molecule has 4 nitrogen and oxygen atoms in total. The Bertz CT molecular complexity index is 620. The first-order valence-corrected chi connectivity index (χ1v) is 9.00. The van der Waals surface area contributed by atoms with Crippen molar-refractivity contribution in [2.75, 3.05) is 26.2 Å². The van der Waals surface area contributed by atoms with Gasteiger partial charge in [-0.2, -0.15) is 4.31 Å². The lowest BCUT2D eigenvalue weighted by Crippen LogP contribution is -2.35. The highest BCUT2D eigenvalue weighted by Crippen LogP contribution is 2.31. The molecule has 1 saturated heterocycles. The minimum Gasteiger partial charge on any atom is -0.315 e. The predicted octanol–water partition coefficient (Wildman–Crippen LogP) is 2.63. The van der Waals surface area contributed by atoms with Crippen LogP contribution in [0.15, 0.2) is 4.90 Å². The summed E-state index contributed by atoms with van der Waals surface area (Å²) in [5.41, 5.74) is 5.16. The molecule has 1 N–H and O–H groups in total. The van der Waals surface area contributed by atoms with Gasteiger partial charge in [0.2, 0.25) is 10.0 Å². The maximum Gasteiger partial charge on any atom is 0.243 e. The van der Waals surface area contributed by atoms with Gasteiger partial charge >= 0.3 is 0 Å². The van der Waals surface area contributed by atoms with E-state index in [4.69, 9.17) is 0 Å². The van der Waals surface area contributed by atoms with Gasteiger partial charge in [-0.3, -0.25) is 0 Å². The Morgan fingerprint density at radius 1 is 0.818 bits per heavy atom. The van der Waals surface area contributed by atoms with E-state index >= 15 is 0 Å². The molecule has 0 aromatic heterocycles. The Balaban J connectivity index is 0.00000242. The normalized spacial score (nSPS) is 17.0. The van der Waals surface area contributed by atoms with Crippen LogP contribution in [0.3, 0.4) is 0 Å². The van der Waals surface area contributed by atoms with Crippen LogP contribution in [0.5, 0.6) is 0 Å². The summed E-state index contributed by atoms with van der Waals surface area (Å²) in [6.45, 7) is 12.7. The molecule has 0 bridgehead atoms. The van der Waals surface area contributed by atoms with Gasteiger partial charge in [-0.25, -0.2) is 8.42 Å². The molecule has 0 unspecified atom stereocenters. The molecule has 0 aliphatic carbocycles. The van der Waals surface area contributed by atoms with Crippen molar-refractivity contribution < 1.29 is 8.42 Å². The van der Waals surface area contributed by atoms with Crippen LogP contribution in [-0.2, 0) is 10.0 Å². The molecule has 1 aliphatic rings. The van der Waals surface area contributed by atoms with E-state index in [0.717, 1.165) is 41.8 Å². The highest BCUT2D eigenvalue weighted by atomic mass is 35.5. The van der Waals surface area contributed by atoms with Crippen LogP contribution in [-0.4, -0.2) is 38.9 Å². The lowest BCUT2D eigenvalue weighted by atomic mass is 9.95. The topological polar surface area (TPSA) is 49.4 Å². The zero-order valence-corrected chi connectivity index (χ0v) is 15.7. The Morgan fingerprint density at radius 2 is 1.32 bits per heavy atom. The molecule has 0 atom stereocenters. The van der Waals surface area contributed by atoms with Gasteiger partial charge in [0.15, 0.2) is 0 Å². The maximum atomic E-state index is 13.1. The molecule has 1 heterocycles. The van der Waals surface area contributed by atoms with Crippen molar-refractivity contribution in [1.82, 2.24) is 9.62 Å². The lowest BCUT2D eigenvalue weighted by molar-refractivity contribution is 0.431. The fraction of sp³-hybridized carbons (Fsp3) is 0.625. The third-order valence-electron chi connectivity index (χ3n) is 4.83. The first-order chi connectivity index (χ1) is 9.78. The van der Waals surface area contributed by atoms with E-state index in [0.29, 0.717) is 18.0 Å². The Hall–Kier alpha value is -0.620. The van der Waals surface area contributed by atoms with E-state index in [1.54, 1.807) is 4.31 Å². The molecule has 1 aromatic rings. The number of benzene rings is 1. The van der Waals surface area contributed by atoms with Crippen LogP contribution >= 0.6 is 12.4 Å². The van der Waals surface area contributed by atoms with Crippen LogP contribution < -0.4 is 5.32 Å². The van der Waals surface area contributed by atoms with E-state index in [2.05, 4.69) is 12.2 Å². The minimum absolute atomic E-state index is 0. The average Bonchev–Trinajstić information content (AvgIpc) is 2.72. The van der Waals surface area contributed by atoms with Gasteiger partial charge in [0.25, 0.3) is 0 Å². The van der Waals surface area contributed by atoms with Crippen molar-refractivity contribution in [3.8, 4) is 0 Å². The molecule has 22 heavy (non-hydrogen) atoms. The van der Waals surface area contributed by atoms with Gasteiger partial charge in [-0.1, -0.05) is 0 Å². The summed E-state index contributed by atoms with van der Waals surface area (Å²) in [5, 5.41) is 3.26. The second-order valence-electron chi connectivity index (χ2n) is 5.96. The number of rotatable bonds is 2. The van der Waals surface area contributed by atoms with Gasteiger partial charge in [0.1, 0.15) is 0 Å². The third-order valence-corrected chi connectivity index (χ3v) is 7.00. The summed E-state index contributed by atoms with van der Waals surface area (Å²) in [6, 6.07) is 0. The van der Waals surface area contributed by atoms with Crippen molar-refractivity contribution in [1.29, 1.82) is 0 Å². The van der Waals surface area contributed by atoms with Crippen molar-refractivity contribution in [2.24, 2.45) is 0 Å². The molecular formula is C16H27ClN2O2S. The molecule has 1 fully saturated rings. The monoisotopic (exact) mass is 346 g/mol. The molecular weight excluding hydrogens is 320 g/mol. The van der Waals surface area contributed by atoms with E-state index in [9.17, 15) is 8.42 Å². The predicted molar refractivity (Wildman–Crippen MR) is 93.6 cm³/mol. The number of halogens is 1. The van der Waals surface area contributed by atoms with Crippen LogP contribution in [0.1, 0.15) is 34.2 Å². The van der Waals surface area contributed by atoms with Gasteiger partial charge < -0.3 is 5.32 Å². The van der Waals surface area contributed by atoms with Crippen molar-refractivity contribution in [3.05, 3.63) is 27.8 Å². The minimum atomic E-state index is -3.42. The highest BCUT2D eigenvalue weighted by molar-refractivity contribution is 7.89. The van der Waals surface area contributed by atoms with E-state index in [1.807, 2.05) is 27.7 Å². The number of nitrogens with zero attached hydrogens (tertiary/aromatic N) is 1. The molecule has 0 radical (unpaired) electrons. The summed E-state index contributed by atoms with van der Waals surface area (Å²) in [4.78, 5) is 0.519. The van der Waals surface area contributed by atoms with Gasteiger partial charge in [-0.15, -0.1) is 12.4 Å². The fourth-order valence-corrected chi connectivity index (χ4v) is 5.08. The summed E-state index contributed by atoms with van der Waals surface area (Å²) < 4.78 is 27.8.